The summed E-state index contributed by atoms with van der Waals surface area (Å²) in [6.45, 7) is 3.77. The summed E-state index contributed by atoms with van der Waals surface area (Å²) >= 11 is 0. The van der Waals surface area contributed by atoms with Gasteiger partial charge in [-0.2, -0.15) is 0 Å². The fraction of sp³-hybridized carbons (Fsp3) is 0.222. The van der Waals surface area contributed by atoms with Gasteiger partial charge in [0.15, 0.2) is 0 Å². The molecule has 0 spiro atoms. The van der Waals surface area contributed by atoms with Gasteiger partial charge in [-0.15, -0.1) is 6.58 Å². The summed E-state index contributed by atoms with van der Waals surface area (Å²) in [6, 6.07) is 14.7. The van der Waals surface area contributed by atoms with Gasteiger partial charge in [-0.1, -0.05) is 42.5 Å². The van der Waals surface area contributed by atoms with Crippen molar-refractivity contribution in [3.63, 3.8) is 0 Å². The first kappa shape index (κ1) is 12.0. The molecule has 0 saturated carbocycles. The Morgan fingerprint density at radius 2 is 1.79 bits per heavy atom. The van der Waals surface area contributed by atoms with E-state index in [-0.39, 0.29) is 0 Å². The average molecular weight is 250 g/mol. The second-order valence-electron chi connectivity index (χ2n) is 4.93. The number of para-hydroxylation sites is 2. The molecule has 0 radical (unpaired) electrons. The molecule has 0 fully saturated rings. The summed E-state index contributed by atoms with van der Waals surface area (Å²) in [7, 11) is 0. The van der Waals surface area contributed by atoms with E-state index in [1.54, 1.807) is 0 Å². The maximum absolute atomic E-state index is 6.02. The number of hydrogen-bond acceptors (Lipinski definition) is 1. The Hall–Kier alpha value is -2.02. The van der Waals surface area contributed by atoms with Crippen molar-refractivity contribution in [3.05, 3.63) is 60.7 Å². The van der Waals surface area contributed by atoms with Crippen molar-refractivity contribution in [1.82, 2.24) is 0 Å². The molecule has 3 rings (SSSR count). The number of rotatable bonds is 5. The fourth-order valence-corrected chi connectivity index (χ4v) is 2.61. The van der Waals surface area contributed by atoms with Crippen LogP contribution in [0.15, 0.2) is 59.5 Å². The number of fused-ring (bicyclic) bond motifs is 3. The van der Waals surface area contributed by atoms with E-state index in [0.717, 1.165) is 24.0 Å². The maximum atomic E-state index is 6.02. The second kappa shape index (κ2) is 5.31. The predicted octanol–water partition coefficient (Wildman–Crippen LogP) is 5.48. The van der Waals surface area contributed by atoms with Gasteiger partial charge in [0, 0.05) is 10.8 Å². The van der Waals surface area contributed by atoms with Gasteiger partial charge in [0.05, 0.1) is 0 Å². The van der Waals surface area contributed by atoms with E-state index in [0.29, 0.717) is 0 Å². The molecule has 96 valence electrons. The highest BCUT2D eigenvalue weighted by Crippen LogP contribution is 2.31. The van der Waals surface area contributed by atoms with Crippen LogP contribution in [0.4, 0.5) is 0 Å². The number of furan rings is 1. The monoisotopic (exact) mass is 250 g/mol. The molecule has 0 aliphatic carbocycles. The minimum absolute atomic E-state index is 0.982. The molecular formula is C18H18O. The first-order valence-electron chi connectivity index (χ1n) is 6.90. The Morgan fingerprint density at radius 1 is 0.947 bits per heavy atom. The Bertz CT molecular complexity index is 706. The smallest absolute Gasteiger partial charge is 0.138 e. The number of hydrogen-bond donors (Lipinski definition) is 0. The normalized spacial score (nSPS) is 11.2. The lowest BCUT2D eigenvalue weighted by Gasteiger charge is -2.01. The van der Waals surface area contributed by atoms with Crippen LogP contribution in [0.25, 0.3) is 21.9 Å². The molecule has 0 aliphatic heterocycles. The van der Waals surface area contributed by atoms with Gasteiger partial charge in [-0.3, -0.25) is 0 Å². The van der Waals surface area contributed by atoms with E-state index in [4.69, 9.17) is 4.42 Å². The highest BCUT2D eigenvalue weighted by Gasteiger charge is 2.09. The number of aryl methyl sites for hydroxylation is 1. The zero-order valence-electron chi connectivity index (χ0n) is 11.1. The Kier molecular flexibility index (Phi) is 3.37. The first-order valence-corrected chi connectivity index (χ1v) is 6.90. The van der Waals surface area contributed by atoms with Crippen LogP contribution in [-0.4, -0.2) is 0 Å². The van der Waals surface area contributed by atoms with Crippen LogP contribution in [0.2, 0.25) is 0 Å². The SMILES string of the molecule is C=CCCCCc1cccc2c1oc1ccccc12. The molecule has 1 heteroatoms. The van der Waals surface area contributed by atoms with Crippen LogP contribution in [-0.2, 0) is 6.42 Å². The predicted molar refractivity (Wildman–Crippen MR) is 81.5 cm³/mol. The largest absolute Gasteiger partial charge is 0.456 e. The third-order valence-corrected chi connectivity index (χ3v) is 3.59. The van der Waals surface area contributed by atoms with Crippen molar-refractivity contribution in [3.8, 4) is 0 Å². The summed E-state index contributed by atoms with van der Waals surface area (Å²) in [5.74, 6) is 0. The molecule has 2 aromatic carbocycles. The quantitative estimate of drug-likeness (QED) is 0.431. The lowest BCUT2D eigenvalue weighted by molar-refractivity contribution is 0.656. The third-order valence-electron chi connectivity index (χ3n) is 3.59. The van der Waals surface area contributed by atoms with E-state index in [1.807, 2.05) is 18.2 Å². The Morgan fingerprint density at radius 3 is 2.68 bits per heavy atom. The highest BCUT2D eigenvalue weighted by molar-refractivity contribution is 6.05. The lowest BCUT2D eigenvalue weighted by atomic mass is 10.0. The van der Waals surface area contributed by atoms with Crippen LogP contribution < -0.4 is 0 Å². The van der Waals surface area contributed by atoms with Crippen molar-refractivity contribution in [2.24, 2.45) is 0 Å². The van der Waals surface area contributed by atoms with Gasteiger partial charge in [-0.25, -0.2) is 0 Å². The molecule has 0 atom stereocenters. The highest BCUT2D eigenvalue weighted by atomic mass is 16.3. The molecule has 0 unspecified atom stereocenters. The number of benzene rings is 2. The topological polar surface area (TPSA) is 13.1 Å². The zero-order valence-corrected chi connectivity index (χ0v) is 11.1. The van der Waals surface area contributed by atoms with Crippen molar-refractivity contribution < 1.29 is 4.42 Å². The standard InChI is InChI=1S/C18H18O/c1-2-3-4-5-9-14-10-8-12-16-15-11-6-7-13-17(15)19-18(14)16/h2,6-8,10-13H,1,3-5,9H2. The molecule has 1 nitrogen and oxygen atoms in total. The Balaban J connectivity index is 1.98. The molecule has 0 bridgehead atoms. The average Bonchev–Trinajstić information content (AvgIpc) is 2.83. The van der Waals surface area contributed by atoms with Crippen LogP contribution in [0.3, 0.4) is 0 Å². The molecular weight excluding hydrogens is 232 g/mol. The minimum atomic E-state index is 0.982. The van der Waals surface area contributed by atoms with Gasteiger partial charge in [-0.05, 0) is 37.3 Å². The van der Waals surface area contributed by atoms with Gasteiger partial charge in [0.2, 0.25) is 0 Å². The summed E-state index contributed by atoms with van der Waals surface area (Å²) in [5.41, 5.74) is 3.36. The lowest BCUT2D eigenvalue weighted by Crippen LogP contribution is -1.85. The minimum Gasteiger partial charge on any atom is -0.456 e. The van der Waals surface area contributed by atoms with E-state index in [2.05, 4.69) is 36.9 Å². The number of unbranched alkanes of at least 4 members (excludes halogenated alkanes) is 2. The molecule has 0 aliphatic rings. The van der Waals surface area contributed by atoms with Crippen LogP contribution in [0.5, 0.6) is 0 Å². The molecule has 0 saturated heterocycles. The molecule has 0 amide bonds. The van der Waals surface area contributed by atoms with Crippen LogP contribution in [0.1, 0.15) is 24.8 Å². The molecule has 19 heavy (non-hydrogen) atoms. The van der Waals surface area contributed by atoms with E-state index in [9.17, 15) is 0 Å². The summed E-state index contributed by atoms with van der Waals surface area (Å²) in [4.78, 5) is 0. The van der Waals surface area contributed by atoms with E-state index < -0.39 is 0 Å². The first-order chi connectivity index (χ1) is 9.40. The van der Waals surface area contributed by atoms with Crippen LogP contribution >= 0.6 is 0 Å². The van der Waals surface area contributed by atoms with Gasteiger partial charge >= 0.3 is 0 Å². The second-order valence-corrected chi connectivity index (χ2v) is 4.93. The molecule has 1 aromatic heterocycles. The molecule has 1 heterocycles. The summed E-state index contributed by atoms with van der Waals surface area (Å²) in [5, 5.41) is 2.45. The van der Waals surface area contributed by atoms with Crippen molar-refractivity contribution >= 4 is 21.9 Å². The fourth-order valence-electron chi connectivity index (χ4n) is 2.61. The zero-order chi connectivity index (χ0) is 13.1. The third kappa shape index (κ3) is 2.28. The van der Waals surface area contributed by atoms with Crippen molar-refractivity contribution in [1.29, 1.82) is 0 Å². The van der Waals surface area contributed by atoms with Crippen molar-refractivity contribution in [2.75, 3.05) is 0 Å². The van der Waals surface area contributed by atoms with Gasteiger partial charge in [0.25, 0.3) is 0 Å². The van der Waals surface area contributed by atoms with Crippen LogP contribution in [0, 0.1) is 0 Å². The maximum Gasteiger partial charge on any atom is 0.138 e. The van der Waals surface area contributed by atoms with Gasteiger partial charge in [0.1, 0.15) is 11.2 Å². The summed E-state index contributed by atoms with van der Waals surface area (Å²) in [6.07, 6.45) is 6.53. The molecule has 0 N–H and O–H groups in total. The summed E-state index contributed by atoms with van der Waals surface area (Å²) < 4.78 is 6.02. The Labute approximate surface area is 113 Å². The molecule has 3 aromatic rings. The van der Waals surface area contributed by atoms with Gasteiger partial charge < -0.3 is 4.42 Å². The van der Waals surface area contributed by atoms with E-state index >= 15 is 0 Å². The number of allylic oxidation sites excluding steroid dienone is 1. The van der Waals surface area contributed by atoms with E-state index in [1.165, 1.54) is 29.2 Å². The van der Waals surface area contributed by atoms with Crippen molar-refractivity contribution in [2.45, 2.75) is 25.7 Å².